The first kappa shape index (κ1) is 19.0. The minimum absolute atomic E-state index is 0.116. The minimum atomic E-state index is -0.318. The molecule has 0 atom stereocenters. The number of hydrogen-bond donors (Lipinski definition) is 4. The smallest absolute Gasteiger partial charge is 0.272 e. The summed E-state index contributed by atoms with van der Waals surface area (Å²) in [7, 11) is 3.27. The number of nitrogens with one attached hydrogen (secondary N) is 3. The number of amides is 2. The molecule has 0 aliphatic heterocycles. The van der Waals surface area contributed by atoms with Crippen molar-refractivity contribution in [2.75, 3.05) is 13.7 Å². The fourth-order valence-electron chi connectivity index (χ4n) is 2.16. The van der Waals surface area contributed by atoms with Gasteiger partial charge in [-0.1, -0.05) is 12.1 Å². The van der Waals surface area contributed by atoms with E-state index in [0.717, 1.165) is 5.69 Å². The van der Waals surface area contributed by atoms with Gasteiger partial charge in [-0.05, 0) is 19.1 Å². The van der Waals surface area contributed by atoms with E-state index in [9.17, 15) is 9.59 Å². The van der Waals surface area contributed by atoms with Crippen LogP contribution in [0.25, 0.3) is 0 Å². The molecule has 0 saturated carbocycles. The summed E-state index contributed by atoms with van der Waals surface area (Å²) in [5, 5.41) is 16.9. The van der Waals surface area contributed by atoms with E-state index in [-0.39, 0.29) is 30.8 Å². The zero-order chi connectivity index (χ0) is 19.3. The Hall–Kier alpha value is -3.36. The molecule has 0 bridgehead atoms. The Balaban J connectivity index is 2.14. The molecule has 1 heterocycles. The number of hydrogen-bond acceptors (Lipinski definition) is 5. The highest BCUT2D eigenvalue weighted by Crippen LogP contribution is 2.21. The van der Waals surface area contributed by atoms with Crippen LogP contribution in [0, 0.1) is 12.3 Å². The molecule has 1 aromatic heterocycles. The summed E-state index contributed by atoms with van der Waals surface area (Å²) in [6.45, 7) is 1.85. The SMILES string of the molecule is CNC(=O)COc1cc(C(=N)N)ccc1CNC(=O)c1cc(C)n(C)n1. The number of aryl methyl sites for hydroxylation is 2. The van der Waals surface area contributed by atoms with Crippen molar-refractivity contribution in [1.82, 2.24) is 20.4 Å². The third kappa shape index (κ3) is 4.59. The molecule has 9 heteroatoms. The van der Waals surface area contributed by atoms with Crippen molar-refractivity contribution in [3.8, 4) is 5.75 Å². The van der Waals surface area contributed by atoms with Gasteiger partial charge in [0.15, 0.2) is 6.61 Å². The Labute approximate surface area is 151 Å². The molecule has 5 N–H and O–H groups in total. The maximum atomic E-state index is 12.2. The second kappa shape index (κ2) is 8.15. The highest BCUT2D eigenvalue weighted by Gasteiger charge is 2.13. The van der Waals surface area contributed by atoms with Crippen LogP contribution in [0.3, 0.4) is 0 Å². The van der Waals surface area contributed by atoms with E-state index in [0.29, 0.717) is 22.6 Å². The summed E-state index contributed by atoms with van der Waals surface area (Å²) in [5.41, 5.74) is 7.80. The van der Waals surface area contributed by atoms with Crippen LogP contribution < -0.4 is 21.1 Å². The number of aromatic nitrogens is 2. The van der Waals surface area contributed by atoms with Crippen LogP contribution in [0.1, 0.15) is 27.3 Å². The first-order valence-corrected chi connectivity index (χ1v) is 7.91. The lowest BCUT2D eigenvalue weighted by Gasteiger charge is -2.13. The van der Waals surface area contributed by atoms with E-state index >= 15 is 0 Å². The molecule has 2 aromatic rings. The molecule has 0 saturated heterocycles. The van der Waals surface area contributed by atoms with Crippen molar-refractivity contribution >= 4 is 17.6 Å². The van der Waals surface area contributed by atoms with Gasteiger partial charge in [0.05, 0.1) is 0 Å². The number of likely N-dealkylation sites (N-methyl/N-ethyl adjacent to an activating group) is 1. The van der Waals surface area contributed by atoms with Gasteiger partial charge in [0.25, 0.3) is 11.8 Å². The van der Waals surface area contributed by atoms with Gasteiger partial charge in [0, 0.05) is 37.5 Å². The normalized spacial score (nSPS) is 10.3. The number of benzene rings is 1. The van der Waals surface area contributed by atoms with Gasteiger partial charge in [-0.2, -0.15) is 5.10 Å². The summed E-state index contributed by atoms with van der Waals surface area (Å²) in [6, 6.07) is 6.61. The zero-order valence-electron chi connectivity index (χ0n) is 14.9. The van der Waals surface area contributed by atoms with Crippen molar-refractivity contribution in [2.24, 2.45) is 12.8 Å². The molecular formula is C17H22N6O3. The summed E-state index contributed by atoms with van der Waals surface area (Å²) >= 11 is 0. The molecule has 2 amide bonds. The summed E-state index contributed by atoms with van der Waals surface area (Å²) in [6.07, 6.45) is 0. The molecule has 0 spiro atoms. The van der Waals surface area contributed by atoms with Gasteiger partial charge < -0.3 is 21.1 Å². The molecular weight excluding hydrogens is 336 g/mol. The van der Waals surface area contributed by atoms with Crippen LogP contribution in [0.5, 0.6) is 5.75 Å². The first-order chi connectivity index (χ1) is 12.3. The third-order valence-electron chi connectivity index (χ3n) is 3.80. The van der Waals surface area contributed by atoms with E-state index in [1.807, 2.05) is 6.92 Å². The number of nitrogens with two attached hydrogens (primary N) is 1. The van der Waals surface area contributed by atoms with Gasteiger partial charge in [0.1, 0.15) is 17.3 Å². The second-order valence-electron chi connectivity index (χ2n) is 5.68. The lowest BCUT2D eigenvalue weighted by molar-refractivity contribution is -0.122. The molecule has 138 valence electrons. The predicted octanol–water partition coefficient (Wildman–Crippen LogP) is 0.0674. The number of nitrogens with zero attached hydrogens (tertiary/aromatic N) is 2. The van der Waals surface area contributed by atoms with Crippen LogP contribution in [0.15, 0.2) is 24.3 Å². The Morgan fingerprint density at radius 3 is 2.65 bits per heavy atom. The van der Waals surface area contributed by atoms with Crippen molar-refractivity contribution in [2.45, 2.75) is 13.5 Å². The van der Waals surface area contributed by atoms with Crippen molar-refractivity contribution < 1.29 is 14.3 Å². The lowest BCUT2D eigenvalue weighted by atomic mass is 10.1. The van der Waals surface area contributed by atoms with Crippen LogP contribution in [-0.2, 0) is 18.4 Å². The molecule has 0 aliphatic carbocycles. The Bertz CT molecular complexity index is 824. The molecule has 26 heavy (non-hydrogen) atoms. The lowest BCUT2D eigenvalue weighted by Crippen LogP contribution is -2.26. The van der Waals surface area contributed by atoms with Crippen LogP contribution in [0.4, 0.5) is 0 Å². The number of nitrogen functional groups attached to an aromatic ring is 1. The topological polar surface area (TPSA) is 135 Å². The van der Waals surface area contributed by atoms with E-state index < -0.39 is 0 Å². The van der Waals surface area contributed by atoms with Gasteiger partial charge in [-0.25, -0.2) is 0 Å². The quantitative estimate of drug-likeness (QED) is 0.410. The van der Waals surface area contributed by atoms with Gasteiger partial charge in [-0.3, -0.25) is 19.7 Å². The van der Waals surface area contributed by atoms with E-state index in [2.05, 4.69) is 15.7 Å². The van der Waals surface area contributed by atoms with E-state index in [1.165, 1.54) is 7.05 Å². The van der Waals surface area contributed by atoms with Crippen molar-refractivity contribution in [3.05, 3.63) is 46.8 Å². The van der Waals surface area contributed by atoms with E-state index in [4.69, 9.17) is 15.9 Å². The van der Waals surface area contributed by atoms with Crippen LogP contribution in [-0.4, -0.2) is 41.1 Å². The summed E-state index contributed by atoms with van der Waals surface area (Å²) in [5.74, 6) is -0.355. The summed E-state index contributed by atoms with van der Waals surface area (Å²) in [4.78, 5) is 23.7. The van der Waals surface area contributed by atoms with Gasteiger partial charge in [0.2, 0.25) is 0 Å². The fraction of sp³-hybridized carbons (Fsp3) is 0.294. The fourth-order valence-corrected chi connectivity index (χ4v) is 2.16. The molecule has 1 aromatic carbocycles. The molecule has 0 fully saturated rings. The van der Waals surface area contributed by atoms with Gasteiger partial charge >= 0.3 is 0 Å². The highest BCUT2D eigenvalue weighted by molar-refractivity contribution is 5.95. The highest BCUT2D eigenvalue weighted by atomic mass is 16.5. The number of carbonyl (C=O) groups excluding carboxylic acids is 2. The monoisotopic (exact) mass is 358 g/mol. The number of amidine groups is 1. The van der Waals surface area contributed by atoms with Crippen LogP contribution >= 0.6 is 0 Å². The standard InChI is InChI=1S/C17H22N6O3/c1-10-6-13(22-23(10)3)17(25)21-8-12-5-4-11(16(18)19)7-14(12)26-9-15(24)20-2/h4-7H,8-9H2,1-3H3,(H3,18,19)(H,20,24)(H,21,25). The predicted molar refractivity (Wildman–Crippen MR) is 96.1 cm³/mol. The molecule has 9 nitrogen and oxygen atoms in total. The minimum Gasteiger partial charge on any atom is -0.483 e. The zero-order valence-corrected chi connectivity index (χ0v) is 14.9. The Morgan fingerprint density at radius 1 is 1.35 bits per heavy atom. The molecule has 0 radical (unpaired) electrons. The molecule has 2 rings (SSSR count). The largest absolute Gasteiger partial charge is 0.483 e. The average Bonchev–Trinajstić information content (AvgIpc) is 2.96. The maximum absolute atomic E-state index is 12.2. The molecule has 0 unspecified atom stereocenters. The Morgan fingerprint density at radius 2 is 2.08 bits per heavy atom. The summed E-state index contributed by atoms with van der Waals surface area (Å²) < 4.78 is 7.13. The number of carbonyl (C=O) groups is 2. The number of rotatable bonds is 7. The second-order valence-corrected chi connectivity index (χ2v) is 5.68. The first-order valence-electron chi connectivity index (χ1n) is 7.91. The van der Waals surface area contributed by atoms with Crippen molar-refractivity contribution in [3.63, 3.8) is 0 Å². The molecule has 0 aliphatic rings. The third-order valence-corrected chi connectivity index (χ3v) is 3.80. The Kier molecular flexibility index (Phi) is 5.94. The van der Waals surface area contributed by atoms with Crippen molar-refractivity contribution in [1.29, 1.82) is 5.41 Å². The number of ether oxygens (including phenoxy) is 1. The van der Waals surface area contributed by atoms with Crippen LogP contribution in [0.2, 0.25) is 0 Å². The van der Waals surface area contributed by atoms with E-state index in [1.54, 1.807) is 36.0 Å². The maximum Gasteiger partial charge on any atom is 0.272 e. The van der Waals surface area contributed by atoms with Gasteiger partial charge in [-0.15, -0.1) is 0 Å². The average molecular weight is 358 g/mol.